The number of carbonyl (C=O) groups is 1. The molecule has 0 aliphatic heterocycles. The van der Waals surface area contributed by atoms with Crippen LogP contribution < -0.4 is 22.0 Å². The van der Waals surface area contributed by atoms with Crippen LogP contribution in [0, 0.1) is 0 Å². The van der Waals surface area contributed by atoms with Gasteiger partial charge in [-0.05, 0) is 42.8 Å². The Kier molecular flexibility index (Phi) is 18.4. The molecule has 0 bridgehead atoms. The highest BCUT2D eigenvalue weighted by atomic mass is 32.2. The van der Waals surface area contributed by atoms with Crippen LogP contribution in [0.5, 0.6) is 0 Å². The Hall–Kier alpha value is -4.28. The van der Waals surface area contributed by atoms with Gasteiger partial charge >= 0.3 is 6.18 Å². The number of nitrogens with zero attached hydrogens (tertiary/aromatic N) is 2. The second-order valence-corrected chi connectivity index (χ2v) is 8.40. The van der Waals surface area contributed by atoms with Crippen molar-refractivity contribution in [1.29, 1.82) is 0 Å². The van der Waals surface area contributed by atoms with Crippen LogP contribution in [-0.4, -0.2) is 18.5 Å². The molecular weight excluding hydrogens is 535 g/mol. The van der Waals surface area contributed by atoms with E-state index in [4.69, 9.17) is 11.7 Å². The number of halogens is 3. The van der Waals surface area contributed by atoms with Gasteiger partial charge in [-0.1, -0.05) is 91.2 Å². The molecule has 0 saturated heterocycles. The van der Waals surface area contributed by atoms with Gasteiger partial charge in [0.25, 0.3) is 0 Å². The number of carbonyl (C=O) groups excluding carboxylic acids is 1. The maximum atomic E-state index is 12.1. The number of hydrogen-bond acceptors (Lipinski definition) is 6. The van der Waals surface area contributed by atoms with Gasteiger partial charge in [0.05, 0.1) is 16.5 Å². The van der Waals surface area contributed by atoms with Crippen molar-refractivity contribution < 1.29 is 18.0 Å². The molecule has 6 nitrogen and oxygen atoms in total. The van der Waals surface area contributed by atoms with Crippen LogP contribution in [-0.2, 0) is 11.0 Å². The van der Waals surface area contributed by atoms with Crippen molar-refractivity contribution in [2.75, 3.05) is 17.4 Å². The van der Waals surface area contributed by atoms with Gasteiger partial charge in [0, 0.05) is 12.7 Å². The molecule has 0 aliphatic carbocycles. The Bertz CT molecular complexity index is 1170. The number of amidine groups is 1. The SMILES string of the molecule is C=C.C=C/C=C\C.CNc1cccc(C(F)(F)F)c1.N/N=C(/SC(C=O)c1ccccc1)N(N)c1ccccc1. The summed E-state index contributed by atoms with van der Waals surface area (Å²) in [6.07, 6.45) is 2.17. The Balaban J connectivity index is 0.000000674. The van der Waals surface area contributed by atoms with E-state index in [1.165, 1.54) is 22.8 Å². The maximum absolute atomic E-state index is 12.1. The van der Waals surface area contributed by atoms with Crippen LogP contribution >= 0.6 is 11.8 Å². The molecule has 0 saturated carbocycles. The lowest BCUT2D eigenvalue weighted by molar-refractivity contribution is -0.137. The van der Waals surface area contributed by atoms with E-state index in [9.17, 15) is 18.0 Å². The van der Waals surface area contributed by atoms with Crippen LogP contribution in [0.1, 0.15) is 23.3 Å². The van der Waals surface area contributed by atoms with Crippen molar-refractivity contribution in [2.45, 2.75) is 18.3 Å². The zero-order valence-electron chi connectivity index (χ0n) is 22.6. The first-order valence-corrected chi connectivity index (χ1v) is 12.7. The lowest BCUT2D eigenvalue weighted by atomic mass is 10.2. The normalized spacial score (nSPS) is 11.3. The molecule has 0 heterocycles. The molecule has 3 rings (SSSR count). The number of alkyl halides is 3. The number of aldehydes is 1. The van der Waals surface area contributed by atoms with E-state index >= 15 is 0 Å². The van der Waals surface area contributed by atoms with Crippen LogP contribution in [0.25, 0.3) is 0 Å². The molecule has 10 heteroatoms. The quantitative estimate of drug-likeness (QED) is 0.0537. The average molecular weight is 572 g/mol. The zero-order valence-corrected chi connectivity index (χ0v) is 23.4. The summed E-state index contributed by atoms with van der Waals surface area (Å²) in [4.78, 5) is 11.3. The summed E-state index contributed by atoms with van der Waals surface area (Å²) >= 11 is 1.20. The highest BCUT2D eigenvalue weighted by molar-refractivity contribution is 8.14. The van der Waals surface area contributed by atoms with Gasteiger partial charge in [-0.15, -0.1) is 13.2 Å². The van der Waals surface area contributed by atoms with Crippen LogP contribution in [0.15, 0.2) is 128 Å². The van der Waals surface area contributed by atoms with E-state index in [2.05, 4.69) is 30.2 Å². The van der Waals surface area contributed by atoms with Crippen LogP contribution in [0.3, 0.4) is 0 Å². The number of hydrogen-bond donors (Lipinski definition) is 3. The number of anilines is 2. The first-order chi connectivity index (χ1) is 19.2. The number of allylic oxidation sites excluding steroid dienone is 3. The summed E-state index contributed by atoms with van der Waals surface area (Å²) in [6.45, 7) is 11.4. The fourth-order valence-corrected chi connectivity index (χ4v) is 3.62. The molecule has 1 atom stereocenters. The second kappa shape index (κ2) is 20.7. The van der Waals surface area contributed by atoms with E-state index in [1.54, 1.807) is 19.2 Å². The summed E-state index contributed by atoms with van der Waals surface area (Å²) in [5.74, 6) is 11.4. The lowest BCUT2D eigenvalue weighted by Gasteiger charge is -2.21. The minimum absolute atomic E-state index is 0.363. The standard InChI is InChI=1S/C15H16N4OS.C8H8F3N.C5H8.C2H4/c16-18-15(19(17)13-9-5-2-6-10-13)21-14(11-20)12-7-3-1-4-8-12;1-12-7-4-2-3-6(5-7)8(9,10)11;1-3-5-4-2;1-2/h1-11,14H,16-17H2;2-5,12H,1H3;3-5H,1H2,2H3;1-2H2/b18-15+;;5-4-;. The number of nitrogens with two attached hydrogens (primary N) is 2. The van der Waals surface area contributed by atoms with Gasteiger partial charge in [0.15, 0.2) is 0 Å². The smallest absolute Gasteiger partial charge is 0.388 e. The number of hydrazine groups is 1. The molecule has 214 valence electrons. The minimum atomic E-state index is -4.26. The van der Waals surface area contributed by atoms with Crippen molar-refractivity contribution in [3.63, 3.8) is 0 Å². The monoisotopic (exact) mass is 571 g/mol. The van der Waals surface area contributed by atoms with Crippen molar-refractivity contribution in [2.24, 2.45) is 16.8 Å². The maximum Gasteiger partial charge on any atom is 0.416 e. The number of benzene rings is 3. The van der Waals surface area contributed by atoms with Crippen molar-refractivity contribution in [1.82, 2.24) is 0 Å². The molecule has 0 aliphatic rings. The Labute approximate surface area is 238 Å². The summed E-state index contributed by atoms with van der Waals surface area (Å²) in [5.41, 5.74) is 1.45. The molecule has 0 spiro atoms. The van der Waals surface area contributed by atoms with Gasteiger partial charge in [0.1, 0.15) is 6.29 Å². The summed E-state index contributed by atoms with van der Waals surface area (Å²) in [7, 11) is 1.58. The molecular formula is C30H36F3N5OS. The molecule has 3 aromatic rings. The molecule has 0 fully saturated rings. The van der Waals surface area contributed by atoms with Crippen molar-refractivity contribution in [3.8, 4) is 0 Å². The molecule has 5 N–H and O–H groups in total. The third-order valence-electron chi connectivity index (χ3n) is 4.64. The number of nitrogens with one attached hydrogen (secondary N) is 1. The molecule has 0 radical (unpaired) electrons. The molecule has 3 aromatic carbocycles. The highest BCUT2D eigenvalue weighted by Gasteiger charge is 2.30. The Morgan fingerprint density at radius 2 is 1.60 bits per heavy atom. The third-order valence-corrected chi connectivity index (χ3v) is 5.79. The average Bonchev–Trinajstić information content (AvgIpc) is 3.00. The lowest BCUT2D eigenvalue weighted by Crippen LogP contribution is -2.36. The number of hydrazone groups is 1. The van der Waals surface area contributed by atoms with Crippen molar-refractivity contribution >= 4 is 34.6 Å². The first-order valence-electron chi connectivity index (χ1n) is 11.8. The fourth-order valence-electron chi connectivity index (χ4n) is 2.77. The van der Waals surface area contributed by atoms with Gasteiger partial charge in [-0.3, -0.25) is 5.01 Å². The Morgan fingerprint density at radius 1 is 1.02 bits per heavy atom. The van der Waals surface area contributed by atoms with Gasteiger partial charge in [-0.2, -0.15) is 18.3 Å². The molecule has 40 heavy (non-hydrogen) atoms. The van der Waals surface area contributed by atoms with Gasteiger partial charge in [0.2, 0.25) is 5.17 Å². The van der Waals surface area contributed by atoms with Crippen LogP contribution in [0.2, 0.25) is 0 Å². The third kappa shape index (κ3) is 13.5. The number of para-hydroxylation sites is 1. The predicted molar refractivity (Wildman–Crippen MR) is 165 cm³/mol. The summed E-state index contributed by atoms with van der Waals surface area (Å²) in [6, 6.07) is 23.8. The van der Waals surface area contributed by atoms with Gasteiger partial charge in [-0.25, -0.2) is 5.84 Å². The highest BCUT2D eigenvalue weighted by Crippen LogP contribution is 2.31. The largest absolute Gasteiger partial charge is 0.416 e. The molecule has 0 amide bonds. The predicted octanol–water partition coefficient (Wildman–Crippen LogP) is 7.57. The fraction of sp³-hybridized carbons (Fsp3) is 0.133. The summed E-state index contributed by atoms with van der Waals surface area (Å²) in [5, 5.41) is 7.65. The molecule has 1 unspecified atom stereocenters. The topological polar surface area (TPSA) is 96.7 Å². The van der Waals surface area contributed by atoms with Gasteiger partial charge < -0.3 is 16.0 Å². The van der Waals surface area contributed by atoms with E-state index in [1.807, 2.05) is 79.7 Å². The zero-order chi connectivity index (χ0) is 30.4. The minimum Gasteiger partial charge on any atom is -0.388 e. The molecule has 0 aromatic heterocycles. The number of rotatable bonds is 6. The van der Waals surface area contributed by atoms with E-state index in [0.717, 1.165) is 29.7 Å². The first kappa shape index (κ1) is 35.7. The Morgan fingerprint density at radius 3 is 2.02 bits per heavy atom. The summed E-state index contributed by atoms with van der Waals surface area (Å²) < 4.78 is 36.2. The van der Waals surface area contributed by atoms with Crippen molar-refractivity contribution in [3.05, 3.63) is 134 Å². The van der Waals surface area contributed by atoms with E-state index < -0.39 is 17.0 Å². The van der Waals surface area contributed by atoms with Crippen LogP contribution in [0.4, 0.5) is 24.5 Å². The van der Waals surface area contributed by atoms with E-state index in [-0.39, 0.29) is 0 Å². The van der Waals surface area contributed by atoms with E-state index in [0.29, 0.717) is 10.9 Å². The number of thioether (sulfide) groups is 1. The second-order valence-electron chi connectivity index (χ2n) is 7.29.